The zero-order valence-electron chi connectivity index (χ0n) is 10.6. The fourth-order valence-electron chi connectivity index (χ4n) is 2.27. The Morgan fingerprint density at radius 2 is 2.16 bits per heavy atom. The number of rotatable bonds is 3. The van der Waals surface area contributed by atoms with Gasteiger partial charge in [0.2, 0.25) is 5.89 Å². The molecule has 1 aliphatic rings. The van der Waals surface area contributed by atoms with Crippen LogP contribution in [-0.2, 0) is 6.54 Å². The smallest absolute Gasteiger partial charge is 0.236 e. The molecule has 0 unspecified atom stereocenters. The molecule has 0 aromatic carbocycles. The van der Waals surface area contributed by atoms with Crippen LogP contribution in [0.15, 0.2) is 21.9 Å². The second kappa shape index (κ2) is 5.05. The first-order valence-corrected chi connectivity index (χ1v) is 7.10. The number of β-amino-alcohol motifs (C(OH)–C–C–N with tert-alkyl or cyclic N) is 2. The van der Waals surface area contributed by atoms with Crippen molar-refractivity contribution in [1.29, 1.82) is 0 Å². The summed E-state index contributed by atoms with van der Waals surface area (Å²) in [4.78, 5) is 7.50. The van der Waals surface area contributed by atoms with E-state index in [-0.39, 0.29) is 0 Å². The fourth-order valence-corrected chi connectivity index (χ4v) is 2.92. The van der Waals surface area contributed by atoms with Gasteiger partial charge >= 0.3 is 0 Å². The van der Waals surface area contributed by atoms with E-state index in [2.05, 4.69) is 4.98 Å². The number of aliphatic hydroxyl groups is 2. The van der Waals surface area contributed by atoms with Crippen LogP contribution in [0.5, 0.6) is 0 Å². The molecular weight excluding hydrogens is 264 g/mol. The van der Waals surface area contributed by atoms with Gasteiger partial charge in [-0.3, -0.25) is 4.90 Å². The maximum Gasteiger partial charge on any atom is 0.236 e. The third kappa shape index (κ3) is 2.57. The lowest BCUT2D eigenvalue weighted by Gasteiger charge is -2.12. The molecule has 1 saturated heterocycles. The minimum absolute atomic E-state index is 0.474. The standard InChI is InChI=1S/C13H16N2O3S/c1-8-9(5-15-6-10(16)11(17)7-15)14-13(18-8)12-3-2-4-19-12/h2-4,10-11,16-17H,5-7H2,1H3/t10-,11+. The monoisotopic (exact) mass is 280 g/mol. The summed E-state index contributed by atoms with van der Waals surface area (Å²) in [6, 6.07) is 3.94. The molecule has 2 atom stereocenters. The van der Waals surface area contributed by atoms with E-state index in [0.717, 1.165) is 16.3 Å². The number of hydrogen-bond acceptors (Lipinski definition) is 6. The fraction of sp³-hybridized carbons (Fsp3) is 0.462. The average Bonchev–Trinajstić information content (AvgIpc) is 3.04. The summed E-state index contributed by atoms with van der Waals surface area (Å²) < 4.78 is 5.67. The van der Waals surface area contributed by atoms with Crippen molar-refractivity contribution in [3.05, 3.63) is 29.0 Å². The first-order valence-electron chi connectivity index (χ1n) is 6.22. The van der Waals surface area contributed by atoms with Gasteiger partial charge in [0.25, 0.3) is 0 Å². The van der Waals surface area contributed by atoms with Gasteiger partial charge in [-0.1, -0.05) is 6.07 Å². The molecule has 0 saturated carbocycles. The number of aliphatic hydroxyl groups excluding tert-OH is 2. The van der Waals surface area contributed by atoms with Crippen LogP contribution in [0.25, 0.3) is 10.8 Å². The molecule has 2 aromatic heterocycles. The van der Waals surface area contributed by atoms with Crippen LogP contribution in [-0.4, -0.2) is 45.4 Å². The molecule has 2 aromatic rings. The number of thiophene rings is 1. The Labute approximate surface area is 115 Å². The van der Waals surface area contributed by atoms with E-state index < -0.39 is 12.2 Å². The summed E-state index contributed by atoms with van der Waals surface area (Å²) in [5.74, 6) is 1.43. The third-order valence-electron chi connectivity index (χ3n) is 3.33. The van der Waals surface area contributed by atoms with Crippen molar-refractivity contribution in [2.75, 3.05) is 13.1 Å². The van der Waals surface area contributed by atoms with Crippen LogP contribution in [0.4, 0.5) is 0 Å². The van der Waals surface area contributed by atoms with Gasteiger partial charge in [0.15, 0.2) is 0 Å². The maximum absolute atomic E-state index is 9.54. The van der Waals surface area contributed by atoms with E-state index in [9.17, 15) is 10.2 Å². The predicted octanol–water partition coefficient (Wildman–Crippen LogP) is 1.25. The highest BCUT2D eigenvalue weighted by Gasteiger charge is 2.30. The number of hydrogen-bond donors (Lipinski definition) is 2. The number of oxazole rings is 1. The topological polar surface area (TPSA) is 69.7 Å². The Hall–Kier alpha value is -1.21. The molecule has 0 bridgehead atoms. The van der Waals surface area contributed by atoms with E-state index in [1.165, 1.54) is 0 Å². The third-order valence-corrected chi connectivity index (χ3v) is 4.19. The van der Waals surface area contributed by atoms with Gasteiger partial charge in [0.1, 0.15) is 5.76 Å². The zero-order valence-corrected chi connectivity index (χ0v) is 11.4. The Morgan fingerprint density at radius 1 is 1.42 bits per heavy atom. The van der Waals surface area contributed by atoms with Crippen molar-refractivity contribution in [1.82, 2.24) is 9.88 Å². The van der Waals surface area contributed by atoms with Crippen molar-refractivity contribution in [3.8, 4) is 10.8 Å². The molecule has 3 rings (SSSR count). The largest absolute Gasteiger partial charge is 0.440 e. The highest BCUT2D eigenvalue weighted by Crippen LogP contribution is 2.26. The Morgan fingerprint density at radius 3 is 2.79 bits per heavy atom. The van der Waals surface area contributed by atoms with Crippen LogP contribution >= 0.6 is 11.3 Å². The van der Waals surface area contributed by atoms with Gasteiger partial charge in [-0.05, 0) is 18.4 Å². The summed E-state index contributed by atoms with van der Waals surface area (Å²) in [7, 11) is 0. The van der Waals surface area contributed by atoms with Crippen molar-refractivity contribution in [2.24, 2.45) is 0 Å². The first-order chi connectivity index (χ1) is 9.13. The minimum atomic E-state index is -0.663. The van der Waals surface area contributed by atoms with E-state index in [0.29, 0.717) is 25.5 Å². The summed E-state index contributed by atoms with van der Waals surface area (Å²) in [6.07, 6.45) is -1.33. The van der Waals surface area contributed by atoms with Gasteiger partial charge in [-0.2, -0.15) is 0 Å². The molecule has 1 fully saturated rings. The molecule has 0 spiro atoms. The molecule has 2 N–H and O–H groups in total. The van der Waals surface area contributed by atoms with Gasteiger partial charge in [0.05, 0.1) is 22.8 Å². The van der Waals surface area contributed by atoms with Crippen LogP contribution in [0, 0.1) is 6.92 Å². The summed E-state index contributed by atoms with van der Waals surface area (Å²) in [5, 5.41) is 21.1. The van der Waals surface area contributed by atoms with Gasteiger partial charge in [0, 0.05) is 19.6 Å². The SMILES string of the molecule is Cc1oc(-c2cccs2)nc1CN1C[C@@H](O)[C@@H](O)C1. The summed E-state index contributed by atoms with van der Waals surface area (Å²) in [6.45, 7) is 3.43. The zero-order chi connectivity index (χ0) is 13.4. The molecule has 0 amide bonds. The van der Waals surface area contributed by atoms with E-state index in [1.807, 2.05) is 29.3 Å². The molecule has 1 aliphatic heterocycles. The molecule has 0 radical (unpaired) electrons. The summed E-state index contributed by atoms with van der Waals surface area (Å²) in [5.41, 5.74) is 0.865. The normalized spacial score (nSPS) is 24.2. The van der Waals surface area contributed by atoms with Crippen LogP contribution in [0.3, 0.4) is 0 Å². The lowest BCUT2D eigenvalue weighted by atomic mass is 10.3. The molecule has 6 heteroatoms. The van der Waals surface area contributed by atoms with Crippen molar-refractivity contribution in [2.45, 2.75) is 25.7 Å². The Bertz CT molecular complexity index is 542. The van der Waals surface area contributed by atoms with Crippen LogP contribution in [0.2, 0.25) is 0 Å². The maximum atomic E-state index is 9.54. The average molecular weight is 280 g/mol. The minimum Gasteiger partial charge on any atom is -0.440 e. The van der Waals surface area contributed by atoms with E-state index in [4.69, 9.17) is 4.42 Å². The van der Waals surface area contributed by atoms with Gasteiger partial charge in [-0.15, -0.1) is 11.3 Å². The number of nitrogens with zero attached hydrogens (tertiary/aromatic N) is 2. The Kier molecular flexibility index (Phi) is 3.40. The second-order valence-electron chi connectivity index (χ2n) is 4.83. The van der Waals surface area contributed by atoms with E-state index >= 15 is 0 Å². The number of aryl methyl sites for hydroxylation is 1. The number of aromatic nitrogens is 1. The van der Waals surface area contributed by atoms with Crippen molar-refractivity contribution in [3.63, 3.8) is 0 Å². The highest BCUT2D eigenvalue weighted by molar-refractivity contribution is 7.13. The van der Waals surface area contributed by atoms with Crippen molar-refractivity contribution < 1.29 is 14.6 Å². The van der Waals surface area contributed by atoms with E-state index in [1.54, 1.807) is 11.3 Å². The number of likely N-dealkylation sites (tertiary alicyclic amines) is 1. The predicted molar refractivity (Wildman–Crippen MR) is 71.8 cm³/mol. The summed E-state index contributed by atoms with van der Waals surface area (Å²) >= 11 is 1.59. The first kappa shape index (κ1) is 12.8. The molecular formula is C13H16N2O3S. The van der Waals surface area contributed by atoms with Crippen molar-refractivity contribution >= 4 is 11.3 Å². The Balaban J connectivity index is 1.75. The lowest BCUT2D eigenvalue weighted by molar-refractivity contribution is 0.0572. The van der Waals surface area contributed by atoms with Crippen LogP contribution in [0.1, 0.15) is 11.5 Å². The second-order valence-corrected chi connectivity index (χ2v) is 5.78. The molecule has 102 valence electrons. The molecule has 0 aliphatic carbocycles. The molecule has 5 nitrogen and oxygen atoms in total. The molecule has 19 heavy (non-hydrogen) atoms. The highest BCUT2D eigenvalue weighted by atomic mass is 32.1. The van der Waals surface area contributed by atoms with Gasteiger partial charge in [-0.25, -0.2) is 4.98 Å². The van der Waals surface area contributed by atoms with Gasteiger partial charge < -0.3 is 14.6 Å². The van der Waals surface area contributed by atoms with Crippen LogP contribution < -0.4 is 0 Å². The quantitative estimate of drug-likeness (QED) is 0.885. The molecule has 3 heterocycles. The lowest BCUT2D eigenvalue weighted by Crippen LogP contribution is -2.22.